The second-order valence-electron chi connectivity index (χ2n) is 28.8. The minimum Gasteiger partial charge on any atom is -0.508 e. The maximum Gasteiger partial charge on any atom is 0.326 e. The van der Waals surface area contributed by atoms with E-state index in [0.717, 1.165) is 16.7 Å². The molecule has 2 aromatic carbocycles. The van der Waals surface area contributed by atoms with Gasteiger partial charge in [0.15, 0.2) is 0 Å². The number of carboxylic acid groups (broad SMARTS) is 2. The molecule has 16 amide bonds. The average molecular weight is 1680 g/mol. The highest BCUT2D eigenvalue weighted by Gasteiger charge is 2.43. The molecule has 0 spiro atoms. The molecule has 2 fully saturated rings. The highest BCUT2D eigenvalue weighted by atomic mass is 32.1. The van der Waals surface area contributed by atoms with Gasteiger partial charge in [-0.3, -0.25) is 81.5 Å². The Labute approximate surface area is 685 Å². The third-order valence-electron chi connectivity index (χ3n) is 19.1. The van der Waals surface area contributed by atoms with E-state index >= 15 is 0 Å². The molecule has 0 aliphatic carbocycles. The lowest BCUT2D eigenvalue weighted by Crippen LogP contribution is -2.61. The Morgan fingerprint density at radius 2 is 0.941 bits per heavy atom. The van der Waals surface area contributed by atoms with Gasteiger partial charge in [-0.25, -0.2) is 4.79 Å². The van der Waals surface area contributed by atoms with Crippen LogP contribution in [0.2, 0.25) is 0 Å². The fraction of sp³-hybridized carbons (Fsp3) is 0.595. The highest BCUT2D eigenvalue weighted by molar-refractivity contribution is 7.80. The number of nitrogens with one attached hydrogen (secondary N) is 13. The molecule has 2 heterocycles. The van der Waals surface area contributed by atoms with Crippen LogP contribution in [0.3, 0.4) is 0 Å². The van der Waals surface area contributed by atoms with Crippen molar-refractivity contribution in [1.82, 2.24) is 78.9 Å². The SMILES string of the molecule is CC(C)[C@H](NC(=O)[C@@H]1CCCN1C(=O)[C@H](CCC(=O)O)NC(=O)[C@H](Cc1ccc(O)cc1)NC(=O)CNC(=O)[C@@H]1CCCN1C(=O)[C@H](CO)NC(=O)[C@@H](N)CS)C(=O)N[C@@H](CO)C(=O)NCC(=O)N[C@@H](C)C(=O)N[C@@H](CCCCN)C(=O)N[C@H](C(=O)N[C@@H](Cc1ccccc1)C(=O)N[C@@H](CCCCN)C(=O)N[C@@H](CC(N)=O)C(=O)O)[C@@H](C)O. The number of carboxylic acids is 2. The van der Waals surface area contributed by atoms with Crippen LogP contribution in [0.4, 0.5) is 0 Å². The van der Waals surface area contributed by atoms with Crippen molar-refractivity contribution >= 4 is 119 Å². The predicted octanol–water partition coefficient (Wildman–Crippen LogP) is -8.89. The fourth-order valence-electron chi connectivity index (χ4n) is 12.6. The molecule has 0 unspecified atom stereocenters. The summed E-state index contributed by atoms with van der Waals surface area (Å²) in [5, 5.41) is 91.9. The standard InChI is InChI=1S/C74H113N19O24S/c1-38(2)59(90-69(111)54-19-13-29-93(54)72(114)47(24-25-58(101)102)85-66(108)48(31-42-20-22-43(97)23-21-42)82-57(100)34-80-68(110)53-18-12-28-92(53)73(115)52(36-95)89-62(104)44(77)37-118)70(112)88-51(35-94)63(105)79-33-56(99)81-39(3)61(103)83-46(17-9-11-27-76)65(107)91-60(40(4)96)71(113)86-49(30-41-14-6-5-7-15-41)67(109)84-45(16-8-10-26-75)64(106)87-50(74(116)117)32-55(78)98/h5-7,14-15,20-23,38-40,44-54,59-60,94-97,118H,8-13,16-19,24-37,75-77H2,1-4H3,(H2,78,98)(H,79,105)(H,80,110)(H,81,99)(H,82,100)(H,83,103)(H,84,109)(H,85,108)(H,86,113)(H,87,106)(H,88,112)(H,89,104)(H,90,111)(H,91,107)(H,101,102)(H,116,117)/t39-,40+,44-,45-,46-,47-,48-,49-,50-,51-,52-,53-,54-,59-,60-/m0/s1. The number of primary amides is 1. The topological polar surface area (TPSA) is 696 Å². The van der Waals surface area contributed by atoms with Crippen LogP contribution in [0.15, 0.2) is 54.6 Å². The molecular formula is C74H113N19O24S. The van der Waals surface area contributed by atoms with Gasteiger partial charge in [-0.15, -0.1) is 0 Å². The number of rotatable bonds is 51. The molecule has 2 saturated heterocycles. The lowest BCUT2D eigenvalue weighted by atomic mass is 10.0. The van der Waals surface area contributed by atoms with Crippen molar-refractivity contribution in [3.05, 3.63) is 65.7 Å². The van der Waals surface area contributed by atoms with E-state index < -0.39 is 249 Å². The number of carbonyl (C=O) groups excluding carboxylic acids is 16. The van der Waals surface area contributed by atoms with E-state index in [4.69, 9.17) is 22.9 Å². The Morgan fingerprint density at radius 1 is 0.483 bits per heavy atom. The first kappa shape index (κ1) is 99.2. The fourth-order valence-corrected chi connectivity index (χ4v) is 12.8. The van der Waals surface area contributed by atoms with Crippen LogP contribution in [0.1, 0.15) is 122 Å². The molecule has 4 rings (SSSR count). The number of unbranched alkanes of at least 4 members (excludes halogenated alkanes) is 2. The first-order valence-electron chi connectivity index (χ1n) is 38.6. The molecular weight excluding hydrogens is 1570 g/mol. The van der Waals surface area contributed by atoms with Crippen molar-refractivity contribution in [2.75, 3.05) is 58.2 Å². The van der Waals surface area contributed by atoms with E-state index in [1.165, 1.54) is 45.0 Å². The zero-order chi connectivity index (χ0) is 88.0. The summed E-state index contributed by atoms with van der Waals surface area (Å²) in [6, 6.07) is -7.46. The molecule has 0 radical (unpaired) electrons. The molecule has 2 aromatic rings. The molecule has 2 aliphatic heterocycles. The van der Waals surface area contributed by atoms with Crippen molar-refractivity contribution < 1.29 is 117 Å². The van der Waals surface area contributed by atoms with Crippen molar-refractivity contribution in [2.45, 2.75) is 215 Å². The molecule has 654 valence electrons. The zero-order valence-electron chi connectivity index (χ0n) is 66.1. The van der Waals surface area contributed by atoms with Crippen LogP contribution in [-0.4, -0.2) is 296 Å². The maximum absolute atomic E-state index is 14.6. The molecule has 2 aliphatic rings. The van der Waals surface area contributed by atoms with Crippen molar-refractivity contribution in [1.29, 1.82) is 0 Å². The van der Waals surface area contributed by atoms with E-state index in [-0.39, 0.29) is 95.5 Å². The summed E-state index contributed by atoms with van der Waals surface area (Å²) in [5.74, 6) is -19.5. The lowest BCUT2D eigenvalue weighted by molar-refractivity contribution is -0.144. The minimum absolute atomic E-state index is 0.0111. The Bertz CT molecular complexity index is 3810. The Balaban J connectivity index is 1.42. The largest absolute Gasteiger partial charge is 0.508 e. The van der Waals surface area contributed by atoms with Crippen LogP contribution in [-0.2, 0) is 99.1 Å². The summed E-state index contributed by atoms with van der Waals surface area (Å²) in [7, 11) is 0. The number of benzene rings is 2. The van der Waals surface area contributed by atoms with E-state index in [0.29, 0.717) is 30.4 Å². The van der Waals surface area contributed by atoms with Gasteiger partial charge in [0.05, 0.1) is 44.9 Å². The quantitative estimate of drug-likeness (QED) is 0.0216. The van der Waals surface area contributed by atoms with Crippen molar-refractivity contribution in [2.24, 2.45) is 28.9 Å². The van der Waals surface area contributed by atoms with Gasteiger partial charge < -0.3 is 132 Å². The summed E-state index contributed by atoms with van der Waals surface area (Å²) in [6.07, 6.45) is -2.59. The van der Waals surface area contributed by atoms with Crippen LogP contribution < -0.4 is 92.1 Å². The smallest absolute Gasteiger partial charge is 0.326 e. The number of nitrogens with two attached hydrogens (primary N) is 4. The second kappa shape index (κ2) is 50.4. The molecule has 15 atom stereocenters. The Hall–Kier alpha value is -11.2. The maximum atomic E-state index is 14.6. The summed E-state index contributed by atoms with van der Waals surface area (Å²) in [5.41, 5.74) is 23.1. The normalized spacial score (nSPS) is 17.0. The van der Waals surface area contributed by atoms with Crippen LogP contribution >= 0.6 is 12.6 Å². The predicted molar refractivity (Wildman–Crippen MR) is 421 cm³/mol. The van der Waals surface area contributed by atoms with E-state index in [9.17, 15) is 117 Å². The highest BCUT2D eigenvalue weighted by Crippen LogP contribution is 2.23. The molecule has 27 N–H and O–H groups in total. The van der Waals surface area contributed by atoms with Crippen LogP contribution in [0.25, 0.3) is 0 Å². The number of aliphatic carboxylic acids is 2. The van der Waals surface area contributed by atoms with Gasteiger partial charge in [0.25, 0.3) is 0 Å². The van der Waals surface area contributed by atoms with Gasteiger partial charge in [-0.2, -0.15) is 12.6 Å². The van der Waals surface area contributed by atoms with Gasteiger partial charge >= 0.3 is 11.9 Å². The summed E-state index contributed by atoms with van der Waals surface area (Å²) < 4.78 is 0. The van der Waals surface area contributed by atoms with E-state index in [1.807, 2.05) is 0 Å². The zero-order valence-corrected chi connectivity index (χ0v) is 67.0. The van der Waals surface area contributed by atoms with Crippen LogP contribution in [0, 0.1) is 5.92 Å². The number of carbonyl (C=O) groups is 18. The number of phenolic OH excluding ortho intramolecular Hbond substituents is 1. The number of aromatic hydroxyl groups is 1. The number of thiol groups is 1. The monoisotopic (exact) mass is 1680 g/mol. The number of aliphatic hydroxyl groups excluding tert-OH is 3. The minimum atomic E-state index is -1.83. The van der Waals surface area contributed by atoms with Gasteiger partial charge in [-0.1, -0.05) is 56.3 Å². The number of amides is 16. The first-order chi connectivity index (χ1) is 55.9. The molecule has 44 heteroatoms. The number of hydrogen-bond acceptors (Lipinski definition) is 26. The Morgan fingerprint density at radius 3 is 1.46 bits per heavy atom. The first-order valence-corrected chi connectivity index (χ1v) is 39.2. The second-order valence-corrected chi connectivity index (χ2v) is 29.2. The third-order valence-corrected chi connectivity index (χ3v) is 19.5. The van der Waals surface area contributed by atoms with Crippen molar-refractivity contribution in [3.8, 4) is 5.75 Å². The van der Waals surface area contributed by atoms with Gasteiger partial charge in [0.2, 0.25) is 94.5 Å². The van der Waals surface area contributed by atoms with Gasteiger partial charge in [0.1, 0.15) is 84.3 Å². The molecule has 0 saturated carbocycles. The average Bonchev–Trinajstić information content (AvgIpc) is 1.68. The molecule has 0 aromatic heterocycles. The molecule has 0 bridgehead atoms. The van der Waals surface area contributed by atoms with E-state index in [2.05, 4.69) is 81.7 Å². The van der Waals surface area contributed by atoms with Crippen molar-refractivity contribution in [3.63, 3.8) is 0 Å². The summed E-state index contributed by atoms with van der Waals surface area (Å²) in [4.78, 5) is 244. The van der Waals surface area contributed by atoms with E-state index in [1.54, 1.807) is 30.3 Å². The summed E-state index contributed by atoms with van der Waals surface area (Å²) >= 11 is 3.97. The van der Waals surface area contributed by atoms with Gasteiger partial charge in [0, 0.05) is 38.1 Å². The number of likely N-dealkylation sites (tertiary alicyclic amines) is 2. The number of phenols is 1. The number of hydrogen-bond donors (Lipinski definition) is 24. The lowest BCUT2D eigenvalue weighted by Gasteiger charge is -2.31. The third kappa shape index (κ3) is 32.7. The number of nitrogens with zero attached hydrogens (tertiary/aromatic N) is 2. The Kier molecular flexibility index (Phi) is 42.4. The summed E-state index contributed by atoms with van der Waals surface area (Å²) in [6.45, 7) is 2.10. The van der Waals surface area contributed by atoms with Crippen LogP contribution in [0.5, 0.6) is 5.75 Å². The molecule has 43 nitrogen and oxygen atoms in total. The van der Waals surface area contributed by atoms with Gasteiger partial charge in [-0.05, 0) is 127 Å². The number of aliphatic hydroxyl groups is 3. The molecule has 118 heavy (non-hydrogen) atoms.